The second-order valence-corrected chi connectivity index (χ2v) is 4.04. The van der Waals surface area contributed by atoms with Gasteiger partial charge in [0.2, 0.25) is 5.91 Å². The average Bonchev–Trinajstić information content (AvgIpc) is 2.36. The third-order valence-electron chi connectivity index (χ3n) is 2.03. The van der Waals surface area contributed by atoms with Gasteiger partial charge in [-0.25, -0.2) is 0 Å². The van der Waals surface area contributed by atoms with Crippen molar-refractivity contribution in [3.05, 3.63) is 12.2 Å². The summed E-state index contributed by atoms with van der Waals surface area (Å²) >= 11 is 3.34. The van der Waals surface area contributed by atoms with Crippen molar-refractivity contribution in [1.82, 2.24) is 4.90 Å². The van der Waals surface area contributed by atoms with Gasteiger partial charge in [-0.15, -0.1) is 0 Å². The second kappa shape index (κ2) is 4.65. The van der Waals surface area contributed by atoms with E-state index in [0.717, 1.165) is 25.9 Å². The SMILES string of the molecule is C/C=C/CCN1CCC(Br)C1=O. The Bertz CT molecular complexity index is 191. The van der Waals surface area contributed by atoms with Gasteiger partial charge in [0.1, 0.15) is 0 Å². The van der Waals surface area contributed by atoms with E-state index in [1.54, 1.807) is 0 Å². The summed E-state index contributed by atoms with van der Waals surface area (Å²) in [5, 5.41) is 0. The molecule has 1 heterocycles. The molecular formula is C9H14BrNO. The Labute approximate surface area is 81.8 Å². The molecule has 0 radical (unpaired) electrons. The Balaban J connectivity index is 2.29. The maximum absolute atomic E-state index is 11.4. The van der Waals surface area contributed by atoms with Gasteiger partial charge < -0.3 is 4.90 Å². The molecule has 0 aromatic rings. The first-order valence-electron chi connectivity index (χ1n) is 4.29. The molecule has 0 aliphatic carbocycles. The monoisotopic (exact) mass is 231 g/mol. The highest BCUT2D eigenvalue weighted by atomic mass is 79.9. The van der Waals surface area contributed by atoms with Crippen molar-refractivity contribution in [1.29, 1.82) is 0 Å². The predicted molar refractivity (Wildman–Crippen MR) is 53.3 cm³/mol. The number of allylic oxidation sites excluding steroid dienone is 1. The Kier molecular flexibility index (Phi) is 3.79. The molecule has 1 saturated heterocycles. The minimum atomic E-state index is 0.0723. The van der Waals surface area contributed by atoms with Gasteiger partial charge in [-0.05, 0) is 19.8 Å². The predicted octanol–water partition coefficient (Wildman–Crippen LogP) is 1.95. The fourth-order valence-corrected chi connectivity index (χ4v) is 1.81. The van der Waals surface area contributed by atoms with Crippen molar-refractivity contribution in [2.75, 3.05) is 13.1 Å². The molecule has 68 valence electrons. The first-order chi connectivity index (χ1) is 5.75. The van der Waals surface area contributed by atoms with Crippen LogP contribution in [0.3, 0.4) is 0 Å². The molecule has 0 spiro atoms. The Morgan fingerprint density at radius 1 is 1.75 bits per heavy atom. The molecular weight excluding hydrogens is 218 g/mol. The highest BCUT2D eigenvalue weighted by molar-refractivity contribution is 9.10. The van der Waals surface area contributed by atoms with Crippen molar-refractivity contribution >= 4 is 21.8 Å². The standard InChI is InChI=1S/C9H14BrNO/c1-2-3-4-6-11-7-5-8(10)9(11)12/h2-3,8H,4-7H2,1H3/b3-2+. The molecule has 0 bridgehead atoms. The van der Waals surface area contributed by atoms with Gasteiger partial charge >= 0.3 is 0 Å². The number of carbonyl (C=O) groups is 1. The van der Waals surface area contributed by atoms with Crippen LogP contribution < -0.4 is 0 Å². The van der Waals surface area contributed by atoms with Crippen molar-refractivity contribution in [3.63, 3.8) is 0 Å². The molecule has 1 fully saturated rings. The normalized spacial score (nSPS) is 24.3. The lowest BCUT2D eigenvalue weighted by Gasteiger charge is -2.13. The first kappa shape index (κ1) is 9.78. The number of alkyl halides is 1. The molecule has 0 aromatic carbocycles. The van der Waals surface area contributed by atoms with Crippen molar-refractivity contribution in [3.8, 4) is 0 Å². The topological polar surface area (TPSA) is 20.3 Å². The maximum Gasteiger partial charge on any atom is 0.236 e. The molecule has 1 amide bonds. The van der Waals surface area contributed by atoms with E-state index < -0.39 is 0 Å². The lowest BCUT2D eigenvalue weighted by Crippen LogP contribution is -2.28. The first-order valence-corrected chi connectivity index (χ1v) is 5.21. The number of halogens is 1. The van der Waals surface area contributed by atoms with Gasteiger partial charge in [-0.1, -0.05) is 28.1 Å². The van der Waals surface area contributed by atoms with E-state index in [1.807, 2.05) is 17.9 Å². The summed E-state index contributed by atoms with van der Waals surface area (Å²) < 4.78 is 0. The number of likely N-dealkylation sites (tertiary alicyclic amines) is 1. The lowest BCUT2D eigenvalue weighted by atomic mass is 10.3. The number of hydrogen-bond acceptors (Lipinski definition) is 1. The third-order valence-corrected chi connectivity index (χ3v) is 2.88. The molecule has 12 heavy (non-hydrogen) atoms. The van der Waals surface area contributed by atoms with Crippen molar-refractivity contribution in [2.24, 2.45) is 0 Å². The van der Waals surface area contributed by atoms with Crippen molar-refractivity contribution in [2.45, 2.75) is 24.6 Å². The van der Waals surface area contributed by atoms with Gasteiger partial charge in [-0.3, -0.25) is 4.79 Å². The molecule has 1 aliphatic heterocycles. The minimum Gasteiger partial charge on any atom is -0.341 e. The molecule has 1 rings (SSSR count). The summed E-state index contributed by atoms with van der Waals surface area (Å²) in [6.45, 7) is 3.77. The fraction of sp³-hybridized carbons (Fsp3) is 0.667. The van der Waals surface area contributed by atoms with Crippen LogP contribution in [0.25, 0.3) is 0 Å². The Morgan fingerprint density at radius 2 is 2.50 bits per heavy atom. The van der Waals surface area contributed by atoms with Crippen LogP contribution in [0.2, 0.25) is 0 Å². The molecule has 1 atom stereocenters. The van der Waals surface area contributed by atoms with Gasteiger partial charge in [-0.2, -0.15) is 0 Å². The number of nitrogens with zero attached hydrogens (tertiary/aromatic N) is 1. The van der Waals surface area contributed by atoms with E-state index in [1.165, 1.54) is 0 Å². The average molecular weight is 232 g/mol. The van der Waals surface area contributed by atoms with Gasteiger partial charge in [0, 0.05) is 13.1 Å². The van der Waals surface area contributed by atoms with E-state index in [0.29, 0.717) is 0 Å². The summed E-state index contributed by atoms with van der Waals surface area (Å²) in [7, 11) is 0. The highest BCUT2D eigenvalue weighted by Gasteiger charge is 2.28. The zero-order valence-corrected chi connectivity index (χ0v) is 8.88. The molecule has 0 saturated carbocycles. The lowest BCUT2D eigenvalue weighted by molar-refractivity contribution is -0.127. The highest BCUT2D eigenvalue weighted by Crippen LogP contribution is 2.18. The van der Waals surface area contributed by atoms with E-state index in [9.17, 15) is 4.79 Å². The van der Waals surface area contributed by atoms with Crippen LogP contribution in [-0.2, 0) is 4.79 Å². The number of rotatable bonds is 3. The molecule has 3 heteroatoms. The summed E-state index contributed by atoms with van der Waals surface area (Å²) in [5.74, 6) is 0.250. The van der Waals surface area contributed by atoms with Crippen LogP contribution >= 0.6 is 15.9 Å². The second-order valence-electron chi connectivity index (χ2n) is 2.94. The summed E-state index contributed by atoms with van der Waals surface area (Å²) in [6.07, 6.45) is 6.04. The summed E-state index contributed by atoms with van der Waals surface area (Å²) in [4.78, 5) is 13.3. The van der Waals surface area contributed by atoms with Crippen molar-refractivity contribution < 1.29 is 4.79 Å². The summed E-state index contributed by atoms with van der Waals surface area (Å²) in [5.41, 5.74) is 0. The van der Waals surface area contributed by atoms with E-state index in [4.69, 9.17) is 0 Å². The zero-order valence-electron chi connectivity index (χ0n) is 7.29. The molecule has 0 aromatic heterocycles. The van der Waals surface area contributed by atoms with Gasteiger partial charge in [0.15, 0.2) is 0 Å². The zero-order chi connectivity index (χ0) is 8.97. The smallest absolute Gasteiger partial charge is 0.236 e. The van der Waals surface area contributed by atoms with E-state index in [-0.39, 0.29) is 10.7 Å². The fourth-order valence-electron chi connectivity index (χ4n) is 1.32. The summed E-state index contributed by atoms with van der Waals surface area (Å²) in [6, 6.07) is 0. The molecule has 1 unspecified atom stereocenters. The van der Waals surface area contributed by atoms with E-state index >= 15 is 0 Å². The van der Waals surface area contributed by atoms with E-state index in [2.05, 4.69) is 22.0 Å². The van der Waals surface area contributed by atoms with Crippen LogP contribution in [0.5, 0.6) is 0 Å². The van der Waals surface area contributed by atoms with Crippen LogP contribution in [-0.4, -0.2) is 28.7 Å². The molecule has 0 N–H and O–H groups in total. The Hall–Kier alpha value is -0.310. The number of amides is 1. The molecule has 1 aliphatic rings. The van der Waals surface area contributed by atoms with Crippen LogP contribution in [0, 0.1) is 0 Å². The maximum atomic E-state index is 11.4. The number of carbonyl (C=O) groups excluding carboxylic acids is 1. The number of hydrogen-bond donors (Lipinski definition) is 0. The van der Waals surface area contributed by atoms with Crippen LogP contribution in [0.1, 0.15) is 19.8 Å². The third kappa shape index (κ3) is 2.34. The molecule has 2 nitrogen and oxygen atoms in total. The quantitative estimate of drug-likeness (QED) is 0.538. The minimum absolute atomic E-state index is 0.0723. The van der Waals surface area contributed by atoms with Crippen LogP contribution in [0.15, 0.2) is 12.2 Å². The van der Waals surface area contributed by atoms with Gasteiger partial charge in [0.25, 0.3) is 0 Å². The van der Waals surface area contributed by atoms with Crippen LogP contribution in [0.4, 0.5) is 0 Å². The largest absolute Gasteiger partial charge is 0.341 e. The Morgan fingerprint density at radius 3 is 3.00 bits per heavy atom. The van der Waals surface area contributed by atoms with Gasteiger partial charge in [0.05, 0.1) is 4.83 Å².